The highest BCUT2D eigenvalue weighted by Gasteiger charge is 2.15. The van der Waals surface area contributed by atoms with Gasteiger partial charge in [0.05, 0.1) is 11.4 Å². The molecule has 0 fully saturated rings. The molecule has 0 aliphatic heterocycles. The highest BCUT2D eigenvalue weighted by Crippen LogP contribution is 2.36. The third-order valence-electron chi connectivity index (χ3n) is 3.75. The van der Waals surface area contributed by atoms with E-state index in [1.54, 1.807) is 24.3 Å². The van der Waals surface area contributed by atoms with Crippen LogP contribution in [-0.4, -0.2) is 5.78 Å². The van der Waals surface area contributed by atoms with Gasteiger partial charge in [0.2, 0.25) is 0 Å². The predicted octanol–water partition coefficient (Wildman–Crippen LogP) is 4.18. The molecule has 3 aromatic carbocycles. The standard InChI is InChI=1S/C20H18N2O2/c1-13-7-5-6-10-18(13)24-20-16(21)11-15(12-17(20)22)19(23)14-8-3-2-4-9-14/h2-12H,21-22H2,1H3. The van der Waals surface area contributed by atoms with E-state index < -0.39 is 0 Å². The molecule has 0 radical (unpaired) electrons. The second-order valence-electron chi connectivity index (χ2n) is 5.55. The molecule has 0 aliphatic rings. The Labute approximate surface area is 140 Å². The molecule has 0 spiro atoms. The van der Waals surface area contributed by atoms with Crippen molar-refractivity contribution in [2.45, 2.75) is 6.92 Å². The van der Waals surface area contributed by atoms with Crippen LogP contribution < -0.4 is 16.2 Å². The zero-order valence-electron chi connectivity index (χ0n) is 13.3. The maximum atomic E-state index is 12.5. The molecule has 0 saturated carbocycles. The van der Waals surface area contributed by atoms with Gasteiger partial charge in [0.25, 0.3) is 0 Å². The maximum Gasteiger partial charge on any atom is 0.193 e. The van der Waals surface area contributed by atoms with Gasteiger partial charge in [0.15, 0.2) is 11.5 Å². The number of hydrogen-bond acceptors (Lipinski definition) is 4. The molecule has 0 heterocycles. The summed E-state index contributed by atoms with van der Waals surface area (Å²) in [6, 6.07) is 19.8. The normalized spacial score (nSPS) is 10.4. The fourth-order valence-electron chi connectivity index (χ4n) is 2.46. The summed E-state index contributed by atoms with van der Waals surface area (Å²) in [7, 11) is 0. The molecule has 0 atom stereocenters. The van der Waals surface area contributed by atoms with Crippen molar-refractivity contribution >= 4 is 17.2 Å². The van der Waals surface area contributed by atoms with Crippen molar-refractivity contribution < 1.29 is 9.53 Å². The Morgan fingerprint density at radius 1 is 0.833 bits per heavy atom. The van der Waals surface area contributed by atoms with Crippen LogP contribution >= 0.6 is 0 Å². The molecule has 24 heavy (non-hydrogen) atoms. The number of ketones is 1. The van der Waals surface area contributed by atoms with E-state index in [1.807, 2.05) is 49.4 Å². The summed E-state index contributed by atoms with van der Waals surface area (Å²) >= 11 is 0. The summed E-state index contributed by atoms with van der Waals surface area (Å²) in [6.45, 7) is 1.94. The second-order valence-corrected chi connectivity index (χ2v) is 5.55. The van der Waals surface area contributed by atoms with E-state index in [-0.39, 0.29) is 5.78 Å². The van der Waals surface area contributed by atoms with Crippen LogP contribution in [0.4, 0.5) is 11.4 Å². The van der Waals surface area contributed by atoms with E-state index in [0.29, 0.717) is 34.0 Å². The zero-order valence-corrected chi connectivity index (χ0v) is 13.3. The number of para-hydroxylation sites is 1. The Balaban J connectivity index is 1.95. The molecular weight excluding hydrogens is 300 g/mol. The Morgan fingerprint density at radius 3 is 2.04 bits per heavy atom. The lowest BCUT2D eigenvalue weighted by molar-refractivity contribution is 0.103. The maximum absolute atomic E-state index is 12.5. The summed E-state index contributed by atoms with van der Waals surface area (Å²) in [5.41, 5.74) is 14.8. The van der Waals surface area contributed by atoms with E-state index in [9.17, 15) is 4.79 Å². The van der Waals surface area contributed by atoms with Crippen LogP contribution in [0.15, 0.2) is 66.7 Å². The molecule has 0 aromatic heterocycles. The smallest absolute Gasteiger partial charge is 0.193 e. The molecular formula is C20H18N2O2. The minimum atomic E-state index is -0.128. The molecule has 4 N–H and O–H groups in total. The van der Waals surface area contributed by atoms with Gasteiger partial charge in [-0.15, -0.1) is 0 Å². The molecule has 0 saturated heterocycles. The minimum absolute atomic E-state index is 0.128. The Morgan fingerprint density at radius 2 is 1.42 bits per heavy atom. The highest BCUT2D eigenvalue weighted by atomic mass is 16.5. The lowest BCUT2D eigenvalue weighted by atomic mass is 10.0. The first kappa shape index (κ1) is 15.6. The van der Waals surface area contributed by atoms with Gasteiger partial charge in [0.1, 0.15) is 5.75 Å². The number of hydrogen-bond donors (Lipinski definition) is 2. The molecule has 0 aliphatic carbocycles. The summed E-state index contributed by atoms with van der Waals surface area (Å²) in [6.07, 6.45) is 0. The second kappa shape index (κ2) is 6.46. The molecule has 0 unspecified atom stereocenters. The van der Waals surface area contributed by atoms with Crippen LogP contribution in [0.25, 0.3) is 0 Å². The Hall–Kier alpha value is -3.27. The minimum Gasteiger partial charge on any atom is -0.453 e. The van der Waals surface area contributed by atoms with Crippen molar-refractivity contribution in [3.05, 3.63) is 83.4 Å². The number of nitrogen functional groups attached to an aromatic ring is 2. The fraction of sp³-hybridized carbons (Fsp3) is 0.0500. The molecule has 120 valence electrons. The fourth-order valence-corrected chi connectivity index (χ4v) is 2.46. The Bertz CT molecular complexity index is 866. The molecule has 4 nitrogen and oxygen atoms in total. The van der Waals surface area contributed by atoms with Gasteiger partial charge in [0, 0.05) is 11.1 Å². The van der Waals surface area contributed by atoms with Gasteiger partial charge in [-0.1, -0.05) is 48.5 Å². The van der Waals surface area contributed by atoms with Gasteiger partial charge in [-0.2, -0.15) is 0 Å². The first-order valence-electron chi connectivity index (χ1n) is 7.58. The lowest BCUT2D eigenvalue weighted by Gasteiger charge is -2.14. The van der Waals surface area contributed by atoms with E-state index in [0.717, 1.165) is 5.56 Å². The van der Waals surface area contributed by atoms with E-state index in [2.05, 4.69) is 0 Å². The third kappa shape index (κ3) is 3.08. The molecule has 3 aromatic rings. The van der Waals surface area contributed by atoms with Crippen LogP contribution in [0.2, 0.25) is 0 Å². The Kier molecular flexibility index (Phi) is 4.20. The van der Waals surface area contributed by atoms with Crippen LogP contribution in [0, 0.1) is 6.92 Å². The first-order valence-corrected chi connectivity index (χ1v) is 7.58. The number of ether oxygens (including phenoxy) is 1. The summed E-state index contributed by atoms with van der Waals surface area (Å²) in [5.74, 6) is 0.920. The van der Waals surface area contributed by atoms with Crippen molar-refractivity contribution in [1.29, 1.82) is 0 Å². The number of anilines is 2. The van der Waals surface area contributed by atoms with Crippen LogP contribution in [-0.2, 0) is 0 Å². The molecule has 4 heteroatoms. The highest BCUT2D eigenvalue weighted by molar-refractivity contribution is 6.10. The van der Waals surface area contributed by atoms with Gasteiger partial charge >= 0.3 is 0 Å². The van der Waals surface area contributed by atoms with Gasteiger partial charge < -0.3 is 16.2 Å². The van der Waals surface area contributed by atoms with Crippen molar-refractivity contribution in [2.75, 3.05) is 11.5 Å². The van der Waals surface area contributed by atoms with E-state index in [1.165, 1.54) is 0 Å². The zero-order chi connectivity index (χ0) is 17.1. The van der Waals surface area contributed by atoms with Crippen LogP contribution in [0.3, 0.4) is 0 Å². The molecule has 0 bridgehead atoms. The van der Waals surface area contributed by atoms with Crippen LogP contribution in [0.5, 0.6) is 11.5 Å². The number of aryl methyl sites for hydroxylation is 1. The van der Waals surface area contributed by atoms with Crippen LogP contribution in [0.1, 0.15) is 21.5 Å². The number of carbonyl (C=O) groups is 1. The van der Waals surface area contributed by atoms with Crippen molar-refractivity contribution in [1.82, 2.24) is 0 Å². The average Bonchev–Trinajstić information content (AvgIpc) is 2.59. The molecule has 3 rings (SSSR count). The molecule has 0 amide bonds. The summed E-state index contributed by atoms with van der Waals surface area (Å²) in [4.78, 5) is 12.5. The summed E-state index contributed by atoms with van der Waals surface area (Å²) in [5, 5.41) is 0. The number of benzene rings is 3. The monoisotopic (exact) mass is 318 g/mol. The largest absolute Gasteiger partial charge is 0.453 e. The third-order valence-corrected chi connectivity index (χ3v) is 3.75. The summed E-state index contributed by atoms with van der Waals surface area (Å²) < 4.78 is 5.85. The van der Waals surface area contributed by atoms with Gasteiger partial charge in [-0.05, 0) is 30.7 Å². The van der Waals surface area contributed by atoms with Crippen molar-refractivity contribution in [3.8, 4) is 11.5 Å². The van der Waals surface area contributed by atoms with E-state index in [4.69, 9.17) is 16.2 Å². The van der Waals surface area contributed by atoms with Crippen molar-refractivity contribution in [3.63, 3.8) is 0 Å². The SMILES string of the molecule is Cc1ccccc1Oc1c(N)cc(C(=O)c2ccccc2)cc1N. The number of nitrogens with two attached hydrogens (primary N) is 2. The van der Waals surface area contributed by atoms with Crippen molar-refractivity contribution in [2.24, 2.45) is 0 Å². The van der Waals surface area contributed by atoms with Gasteiger partial charge in [-0.25, -0.2) is 0 Å². The first-order chi connectivity index (χ1) is 11.6. The topological polar surface area (TPSA) is 78.3 Å². The number of rotatable bonds is 4. The van der Waals surface area contributed by atoms with Gasteiger partial charge in [-0.3, -0.25) is 4.79 Å². The van der Waals surface area contributed by atoms with E-state index >= 15 is 0 Å². The lowest BCUT2D eigenvalue weighted by Crippen LogP contribution is -2.05. The number of carbonyl (C=O) groups excluding carboxylic acids is 1. The average molecular weight is 318 g/mol. The quantitative estimate of drug-likeness (QED) is 0.558. The predicted molar refractivity (Wildman–Crippen MR) is 96.4 cm³/mol.